The fourth-order valence-corrected chi connectivity index (χ4v) is 6.45. The van der Waals surface area contributed by atoms with Crippen molar-refractivity contribution in [2.75, 3.05) is 21.0 Å². The van der Waals surface area contributed by atoms with Gasteiger partial charge in [0, 0.05) is 29.9 Å². The molecule has 6 rings (SSSR count). The van der Waals surface area contributed by atoms with Crippen molar-refractivity contribution >= 4 is 34.6 Å². The Morgan fingerprint density at radius 2 is 1.68 bits per heavy atom. The van der Waals surface area contributed by atoms with Gasteiger partial charge in [0.25, 0.3) is 0 Å². The minimum absolute atomic E-state index is 0.0440. The summed E-state index contributed by atoms with van der Waals surface area (Å²) in [6, 6.07) is 6.08. The van der Waals surface area contributed by atoms with Crippen molar-refractivity contribution < 1.29 is 72.4 Å². The third-order valence-electron chi connectivity index (χ3n) is 8.78. The van der Waals surface area contributed by atoms with E-state index in [2.05, 4.69) is 5.32 Å². The van der Waals surface area contributed by atoms with E-state index >= 15 is 0 Å². The van der Waals surface area contributed by atoms with Crippen LogP contribution in [0.4, 0.5) is 0 Å². The molecule has 6 atom stereocenters. The van der Waals surface area contributed by atoms with Crippen molar-refractivity contribution in [1.29, 1.82) is 0 Å². The number of carboxylic acids is 2. The average molecular weight is 698 g/mol. The number of nitrogens with one attached hydrogen (secondary N) is 1. The highest BCUT2D eigenvalue weighted by atomic mass is 16.7. The maximum atomic E-state index is 13.4. The molecule has 266 valence electrons. The zero-order chi connectivity index (χ0) is 35.9. The van der Waals surface area contributed by atoms with Gasteiger partial charge in [-0.25, -0.2) is 4.79 Å². The number of aliphatic carboxylic acids is 2. The highest BCUT2D eigenvalue weighted by Gasteiger charge is 2.49. The zero-order valence-corrected chi connectivity index (χ0v) is 27.4. The summed E-state index contributed by atoms with van der Waals surface area (Å²) in [5, 5.41) is 34.0. The molecule has 1 saturated heterocycles. The van der Waals surface area contributed by atoms with Gasteiger partial charge < -0.3 is 53.2 Å². The van der Waals surface area contributed by atoms with Gasteiger partial charge in [0.15, 0.2) is 29.1 Å². The average Bonchev–Trinajstić information content (AvgIpc) is 3.71. The standard InChI is InChI=1S/C34H35NO15/c1-14-28(35-20(32(40)41)6-8-25(37)38)29(39)31(49-15(2)36)34(48-14)50-30-18-11-23(44-4)22(43-3)10-17(18)26(27-19(30)12-45-33(27)42)16-5-7-21-24(9-16)47-13-46-21/h5,7,9-11,14,20,28-29,31,34-35,39H,6,8,12-13H2,1-4H3,(H,37,38)(H,40,41)/t14?,20-,28?,29?,31?,34?/m0/s1. The molecule has 16 nitrogen and oxygen atoms in total. The van der Waals surface area contributed by atoms with Gasteiger partial charge in [0.05, 0.1) is 31.9 Å². The first kappa shape index (κ1) is 34.5. The number of carbonyl (C=O) groups excluding carboxylic acids is 2. The lowest BCUT2D eigenvalue weighted by atomic mass is 9.89. The number of benzene rings is 3. The molecule has 50 heavy (non-hydrogen) atoms. The van der Waals surface area contributed by atoms with Crippen LogP contribution >= 0.6 is 0 Å². The Hall–Kier alpha value is -5.32. The van der Waals surface area contributed by atoms with Crippen molar-refractivity contribution in [3.05, 3.63) is 41.5 Å². The molecular weight excluding hydrogens is 662 g/mol. The summed E-state index contributed by atoms with van der Waals surface area (Å²) in [5.41, 5.74) is 1.63. The number of carboxylic acid groups (broad SMARTS) is 2. The SMILES string of the molecule is COc1cc2c(OC3OC(C)C(N[C@@H](CCC(=O)O)C(=O)O)C(O)C3OC(C)=O)c3c(c(-c4ccc5c(c4)OCO5)c2cc1OC)C(=O)OC3. The van der Waals surface area contributed by atoms with E-state index in [1.807, 2.05) is 0 Å². The Kier molecular flexibility index (Phi) is 9.60. The summed E-state index contributed by atoms with van der Waals surface area (Å²) in [5.74, 6) is -2.15. The molecule has 3 aromatic carbocycles. The predicted octanol–water partition coefficient (Wildman–Crippen LogP) is 2.62. The van der Waals surface area contributed by atoms with Crippen molar-refractivity contribution in [2.24, 2.45) is 0 Å². The molecule has 3 aromatic rings. The van der Waals surface area contributed by atoms with Crippen molar-refractivity contribution in [1.82, 2.24) is 5.32 Å². The summed E-state index contributed by atoms with van der Waals surface area (Å²) in [6.07, 6.45) is -6.25. The number of methoxy groups -OCH3 is 2. The number of rotatable bonds is 12. The Balaban J connectivity index is 1.46. The van der Waals surface area contributed by atoms with E-state index < -0.39 is 67.0 Å². The van der Waals surface area contributed by atoms with Crippen LogP contribution in [0.2, 0.25) is 0 Å². The van der Waals surface area contributed by atoms with Crippen LogP contribution in [0.1, 0.15) is 42.6 Å². The van der Waals surface area contributed by atoms with Crippen LogP contribution in [0.5, 0.6) is 28.7 Å². The summed E-state index contributed by atoms with van der Waals surface area (Å²) in [7, 11) is 2.92. The van der Waals surface area contributed by atoms with Crippen LogP contribution in [-0.4, -0.2) is 96.9 Å². The number of aliphatic hydroxyl groups is 1. The molecule has 0 spiro atoms. The maximum Gasteiger partial charge on any atom is 0.339 e. The predicted molar refractivity (Wildman–Crippen MR) is 169 cm³/mol. The van der Waals surface area contributed by atoms with E-state index in [0.717, 1.165) is 6.92 Å². The third kappa shape index (κ3) is 6.39. The smallest absolute Gasteiger partial charge is 0.339 e. The molecule has 0 radical (unpaired) electrons. The fraction of sp³-hybridized carbons (Fsp3) is 0.412. The summed E-state index contributed by atoms with van der Waals surface area (Å²) >= 11 is 0. The summed E-state index contributed by atoms with van der Waals surface area (Å²) in [4.78, 5) is 48.8. The Labute approximate surface area is 284 Å². The number of esters is 2. The molecule has 1 fully saturated rings. The molecule has 5 unspecified atom stereocenters. The Bertz CT molecular complexity index is 1860. The van der Waals surface area contributed by atoms with Gasteiger partial charge in [-0.2, -0.15) is 0 Å². The lowest BCUT2D eigenvalue weighted by Gasteiger charge is -2.44. The van der Waals surface area contributed by atoms with Gasteiger partial charge >= 0.3 is 23.9 Å². The summed E-state index contributed by atoms with van der Waals surface area (Å²) in [6.45, 7) is 2.52. The molecule has 3 heterocycles. The second-order valence-corrected chi connectivity index (χ2v) is 11.9. The number of cyclic esters (lactones) is 1. The van der Waals surface area contributed by atoms with Gasteiger partial charge in [0.1, 0.15) is 24.5 Å². The van der Waals surface area contributed by atoms with Crippen LogP contribution < -0.4 is 29.0 Å². The molecule has 3 aliphatic heterocycles. The summed E-state index contributed by atoms with van der Waals surface area (Å²) < 4.78 is 45.9. The van der Waals surface area contributed by atoms with E-state index in [9.17, 15) is 29.4 Å². The van der Waals surface area contributed by atoms with E-state index in [1.165, 1.54) is 14.2 Å². The van der Waals surface area contributed by atoms with Crippen molar-refractivity contribution in [3.63, 3.8) is 0 Å². The van der Waals surface area contributed by atoms with E-state index in [1.54, 1.807) is 37.3 Å². The molecule has 0 saturated carbocycles. The first-order valence-electron chi connectivity index (χ1n) is 15.6. The molecule has 0 amide bonds. The Morgan fingerprint density at radius 3 is 2.34 bits per heavy atom. The normalized spacial score (nSPS) is 22.7. The van der Waals surface area contributed by atoms with Gasteiger partial charge in [0.2, 0.25) is 13.1 Å². The lowest BCUT2D eigenvalue weighted by Crippen LogP contribution is -2.66. The zero-order valence-electron chi connectivity index (χ0n) is 27.4. The molecule has 4 N–H and O–H groups in total. The second-order valence-electron chi connectivity index (χ2n) is 11.9. The minimum Gasteiger partial charge on any atom is -0.493 e. The third-order valence-corrected chi connectivity index (χ3v) is 8.78. The van der Waals surface area contributed by atoms with Crippen LogP contribution in [-0.2, 0) is 35.2 Å². The van der Waals surface area contributed by atoms with Gasteiger partial charge in [-0.15, -0.1) is 0 Å². The fourth-order valence-electron chi connectivity index (χ4n) is 6.45. The van der Waals surface area contributed by atoms with Crippen LogP contribution in [0, 0.1) is 0 Å². The maximum absolute atomic E-state index is 13.4. The van der Waals surface area contributed by atoms with Crippen LogP contribution in [0.3, 0.4) is 0 Å². The van der Waals surface area contributed by atoms with Gasteiger partial charge in [-0.3, -0.25) is 19.7 Å². The molecule has 0 bridgehead atoms. The van der Waals surface area contributed by atoms with Crippen LogP contribution in [0.25, 0.3) is 21.9 Å². The number of aliphatic hydroxyl groups excluding tert-OH is 1. The molecule has 0 aromatic heterocycles. The molecule has 0 aliphatic carbocycles. The number of hydrogen-bond acceptors (Lipinski definition) is 14. The highest BCUT2D eigenvalue weighted by molar-refractivity contribution is 6.14. The molecule has 3 aliphatic rings. The van der Waals surface area contributed by atoms with Crippen LogP contribution in [0.15, 0.2) is 30.3 Å². The van der Waals surface area contributed by atoms with E-state index in [0.29, 0.717) is 50.5 Å². The van der Waals surface area contributed by atoms with Gasteiger partial charge in [-0.1, -0.05) is 6.07 Å². The quantitative estimate of drug-likeness (QED) is 0.200. The van der Waals surface area contributed by atoms with E-state index in [-0.39, 0.29) is 31.1 Å². The monoisotopic (exact) mass is 697 g/mol. The minimum atomic E-state index is -1.58. The number of ether oxygens (including phenoxy) is 8. The Morgan fingerprint density at radius 1 is 0.980 bits per heavy atom. The number of hydrogen-bond donors (Lipinski definition) is 4. The molecule has 16 heteroatoms. The van der Waals surface area contributed by atoms with Crippen molar-refractivity contribution in [3.8, 4) is 39.9 Å². The lowest BCUT2D eigenvalue weighted by molar-refractivity contribution is -0.251. The second kappa shape index (κ2) is 13.9. The van der Waals surface area contributed by atoms with E-state index in [4.69, 9.17) is 43.0 Å². The van der Waals surface area contributed by atoms with Crippen molar-refractivity contribution in [2.45, 2.75) is 70.0 Å². The highest BCUT2D eigenvalue weighted by Crippen LogP contribution is 2.50. The molecular formula is C34H35NO15. The first-order chi connectivity index (χ1) is 23.9. The largest absolute Gasteiger partial charge is 0.493 e. The first-order valence-corrected chi connectivity index (χ1v) is 15.6. The number of fused-ring (bicyclic) bond motifs is 3. The topological polar surface area (TPSA) is 215 Å². The number of carbonyl (C=O) groups is 4. The van der Waals surface area contributed by atoms with Gasteiger partial charge in [-0.05, 0) is 48.6 Å².